The maximum atomic E-state index is 6.43. The summed E-state index contributed by atoms with van der Waals surface area (Å²) in [7, 11) is 0. The smallest absolute Gasteiger partial charge is 0.139 e. The lowest BCUT2D eigenvalue weighted by atomic mass is 9.81. The molecule has 1 N–H and O–H groups in total. The first-order valence-electron chi connectivity index (χ1n) is 12.1. The van der Waals surface area contributed by atoms with E-state index < -0.39 is 0 Å². The summed E-state index contributed by atoms with van der Waals surface area (Å²) in [6, 6.07) is 38.7. The fourth-order valence-corrected chi connectivity index (χ4v) is 5.72. The predicted molar refractivity (Wildman–Crippen MR) is 146 cm³/mol. The molecule has 0 saturated heterocycles. The number of benzene rings is 5. The third-order valence-corrected chi connectivity index (χ3v) is 7.43. The van der Waals surface area contributed by atoms with Crippen molar-refractivity contribution in [3.05, 3.63) is 120 Å². The number of anilines is 2. The minimum absolute atomic E-state index is 0.0659. The Kier molecular flexibility index (Phi) is 4.22. The van der Waals surface area contributed by atoms with E-state index in [4.69, 9.17) is 4.42 Å². The highest BCUT2D eigenvalue weighted by molar-refractivity contribution is 5.97. The molecular weight excluding hydrogens is 426 g/mol. The average Bonchev–Trinajstić information content (AvgIpc) is 3.38. The van der Waals surface area contributed by atoms with Crippen LogP contribution in [-0.2, 0) is 5.41 Å². The summed E-state index contributed by atoms with van der Waals surface area (Å²) in [5.74, 6) is 1.01. The van der Waals surface area contributed by atoms with Crippen LogP contribution in [0.25, 0.3) is 44.2 Å². The molecule has 35 heavy (non-hydrogen) atoms. The maximum absolute atomic E-state index is 6.43. The van der Waals surface area contributed by atoms with Gasteiger partial charge in [0.05, 0.1) is 0 Å². The molecule has 0 saturated carbocycles. The summed E-state index contributed by atoms with van der Waals surface area (Å²) in [6.45, 7) is 4.58. The van der Waals surface area contributed by atoms with Crippen molar-refractivity contribution in [3.8, 4) is 22.5 Å². The molecule has 1 aromatic heterocycles. The van der Waals surface area contributed by atoms with E-state index >= 15 is 0 Å². The van der Waals surface area contributed by atoms with E-state index in [1.165, 1.54) is 44.0 Å². The Morgan fingerprint density at radius 1 is 0.629 bits per heavy atom. The fraction of sp³-hybridized carbons (Fsp3) is 0.0909. The molecule has 0 radical (unpaired) electrons. The van der Waals surface area contributed by atoms with E-state index in [0.29, 0.717) is 0 Å². The molecule has 0 spiro atoms. The SMILES string of the molecule is CC1(C)c2ccccc2-c2oc3cc(Nc4ccc(-c5cccc6ccccc56)cc4)ccc3c21. The molecule has 1 heterocycles. The fourth-order valence-electron chi connectivity index (χ4n) is 5.72. The van der Waals surface area contributed by atoms with Crippen LogP contribution in [0.3, 0.4) is 0 Å². The first-order valence-corrected chi connectivity index (χ1v) is 12.1. The predicted octanol–water partition coefficient (Wildman–Crippen LogP) is 9.30. The molecule has 0 atom stereocenters. The third kappa shape index (κ3) is 3.03. The minimum Gasteiger partial charge on any atom is -0.456 e. The lowest BCUT2D eigenvalue weighted by Gasteiger charge is -2.20. The van der Waals surface area contributed by atoms with Crippen molar-refractivity contribution in [1.29, 1.82) is 0 Å². The van der Waals surface area contributed by atoms with Gasteiger partial charge in [-0.1, -0.05) is 92.7 Å². The Balaban J connectivity index is 1.22. The Bertz CT molecular complexity index is 1730. The van der Waals surface area contributed by atoms with Gasteiger partial charge in [0.15, 0.2) is 0 Å². The molecule has 1 aliphatic rings. The molecule has 2 heteroatoms. The van der Waals surface area contributed by atoms with Crippen LogP contribution in [0.4, 0.5) is 11.4 Å². The number of hydrogen-bond acceptors (Lipinski definition) is 2. The van der Waals surface area contributed by atoms with Gasteiger partial charge in [-0.05, 0) is 51.7 Å². The maximum Gasteiger partial charge on any atom is 0.139 e. The highest BCUT2D eigenvalue weighted by atomic mass is 16.3. The normalized spacial score (nSPS) is 13.7. The van der Waals surface area contributed by atoms with Crippen molar-refractivity contribution in [2.75, 3.05) is 5.32 Å². The van der Waals surface area contributed by atoms with Gasteiger partial charge in [-0.3, -0.25) is 0 Å². The number of hydrogen-bond donors (Lipinski definition) is 1. The second kappa shape index (κ2) is 7.35. The molecule has 0 amide bonds. The standard InChI is InChI=1S/C33H25NO/c1-33(2)29-13-6-5-11-27(29)32-31(33)28-19-18-24(20-30(28)35-32)34-23-16-14-22(15-17-23)26-12-7-9-21-8-3-4-10-25(21)26/h3-20,34H,1-2H3. The number of furan rings is 1. The van der Waals surface area contributed by atoms with Crippen molar-refractivity contribution >= 4 is 33.1 Å². The summed E-state index contributed by atoms with van der Waals surface area (Å²) in [6.07, 6.45) is 0. The zero-order valence-corrected chi connectivity index (χ0v) is 19.8. The summed E-state index contributed by atoms with van der Waals surface area (Å²) in [4.78, 5) is 0. The van der Waals surface area contributed by atoms with Gasteiger partial charge in [-0.15, -0.1) is 0 Å². The molecule has 2 nitrogen and oxygen atoms in total. The highest BCUT2D eigenvalue weighted by Gasteiger charge is 2.39. The summed E-state index contributed by atoms with van der Waals surface area (Å²) >= 11 is 0. The molecule has 6 aromatic rings. The van der Waals surface area contributed by atoms with Crippen LogP contribution in [0.15, 0.2) is 114 Å². The lowest BCUT2D eigenvalue weighted by molar-refractivity contribution is 0.619. The second-order valence-electron chi connectivity index (χ2n) is 9.92. The van der Waals surface area contributed by atoms with Gasteiger partial charge in [0.2, 0.25) is 0 Å². The summed E-state index contributed by atoms with van der Waals surface area (Å²) in [5.41, 5.74) is 9.24. The van der Waals surface area contributed by atoms with Gasteiger partial charge >= 0.3 is 0 Å². The molecule has 1 aliphatic carbocycles. The molecule has 0 aliphatic heterocycles. The van der Waals surface area contributed by atoms with E-state index in [0.717, 1.165) is 22.7 Å². The number of fused-ring (bicyclic) bond motifs is 6. The van der Waals surface area contributed by atoms with Crippen LogP contribution in [0.1, 0.15) is 25.0 Å². The summed E-state index contributed by atoms with van der Waals surface area (Å²) in [5, 5.41) is 7.28. The first-order chi connectivity index (χ1) is 17.1. The van der Waals surface area contributed by atoms with Crippen LogP contribution in [0.2, 0.25) is 0 Å². The van der Waals surface area contributed by atoms with Crippen molar-refractivity contribution in [2.24, 2.45) is 0 Å². The Labute approximate surface area is 204 Å². The Hall–Kier alpha value is -4.30. The van der Waals surface area contributed by atoms with Crippen LogP contribution < -0.4 is 5.32 Å². The van der Waals surface area contributed by atoms with Crippen LogP contribution in [0, 0.1) is 0 Å². The molecule has 7 rings (SSSR count). The average molecular weight is 452 g/mol. The third-order valence-electron chi connectivity index (χ3n) is 7.43. The zero-order chi connectivity index (χ0) is 23.6. The number of rotatable bonds is 3. The first kappa shape index (κ1) is 20.1. The molecule has 5 aromatic carbocycles. The second-order valence-corrected chi connectivity index (χ2v) is 9.92. The topological polar surface area (TPSA) is 25.2 Å². The van der Waals surface area contributed by atoms with Gasteiger partial charge in [0, 0.05) is 39.4 Å². The molecule has 0 bridgehead atoms. The quantitative estimate of drug-likeness (QED) is 0.290. The molecular formula is C33H25NO. The molecule has 0 fully saturated rings. The number of nitrogens with one attached hydrogen (secondary N) is 1. The van der Waals surface area contributed by atoms with Gasteiger partial charge in [-0.2, -0.15) is 0 Å². The van der Waals surface area contributed by atoms with E-state index in [1.54, 1.807) is 0 Å². The highest BCUT2D eigenvalue weighted by Crippen LogP contribution is 2.52. The minimum atomic E-state index is -0.0659. The van der Waals surface area contributed by atoms with Crippen LogP contribution in [-0.4, -0.2) is 0 Å². The van der Waals surface area contributed by atoms with Gasteiger partial charge in [0.1, 0.15) is 11.3 Å². The van der Waals surface area contributed by atoms with Gasteiger partial charge < -0.3 is 9.73 Å². The molecule has 0 unspecified atom stereocenters. The van der Waals surface area contributed by atoms with Crippen molar-refractivity contribution < 1.29 is 4.42 Å². The summed E-state index contributed by atoms with van der Waals surface area (Å²) < 4.78 is 6.43. The van der Waals surface area contributed by atoms with Crippen LogP contribution in [0.5, 0.6) is 0 Å². The van der Waals surface area contributed by atoms with E-state index in [9.17, 15) is 0 Å². The van der Waals surface area contributed by atoms with Gasteiger partial charge in [0.25, 0.3) is 0 Å². The van der Waals surface area contributed by atoms with E-state index in [2.05, 4.69) is 128 Å². The van der Waals surface area contributed by atoms with E-state index in [-0.39, 0.29) is 5.41 Å². The lowest BCUT2D eigenvalue weighted by Crippen LogP contribution is -2.14. The largest absolute Gasteiger partial charge is 0.456 e. The Morgan fingerprint density at radius 3 is 2.23 bits per heavy atom. The Morgan fingerprint density at radius 2 is 1.34 bits per heavy atom. The van der Waals surface area contributed by atoms with Crippen LogP contribution >= 0.6 is 0 Å². The van der Waals surface area contributed by atoms with Gasteiger partial charge in [-0.25, -0.2) is 0 Å². The molecule has 168 valence electrons. The van der Waals surface area contributed by atoms with Crippen molar-refractivity contribution in [3.63, 3.8) is 0 Å². The van der Waals surface area contributed by atoms with E-state index in [1.807, 2.05) is 0 Å². The monoisotopic (exact) mass is 451 g/mol. The zero-order valence-electron chi connectivity index (χ0n) is 19.8. The van der Waals surface area contributed by atoms with Crippen molar-refractivity contribution in [2.45, 2.75) is 19.3 Å². The van der Waals surface area contributed by atoms with Crippen molar-refractivity contribution in [1.82, 2.24) is 0 Å².